The molecule has 0 aliphatic heterocycles. The largest absolute Gasteiger partial charge is 0.392 e. The molecule has 0 radical (unpaired) electrons. The third-order valence-electron chi connectivity index (χ3n) is 2.93. The van der Waals surface area contributed by atoms with Gasteiger partial charge < -0.3 is 5.11 Å². The summed E-state index contributed by atoms with van der Waals surface area (Å²) in [4.78, 5) is 0. The smallest absolute Gasteiger partial charge is 0.0628 e. The zero-order chi connectivity index (χ0) is 11.3. The van der Waals surface area contributed by atoms with Crippen molar-refractivity contribution in [2.45, 2.75) is 32.8 Å². The van der Waals surface area contributed by atoms with Gasteiger partial charge in [0.2, 0.25) is 0 Å². The molecule has 0 unspecified atom stereocenters. The second kappa shape index (κ2) is 5.13. The first-order valence-corrected chi connectivity index (χ1v) is 5.42. The van der Waals surface area contributed by atoms with Crippen molar-refractivity contribution in [3.8, 4) is 0 Å². The number of aliphatic hydroxyl groups is 1. The van der Waals surface area contributed by atoms with Crippen LogP contribution in [0, 0.1) is 5.41 Å². The van der Waals surface area contributed by atoms with E-state index in [1.165, 1.54) is 5.56 Å². The van der Waals surface area contributed by atoms with Crippen LogP contribution in [0.4, 0.5) is 0 Å². The Labute approximate surface area is 92.5 Å². The van der Waals surface area contributed by atoms with E-state index in [4.69, 9.17) is 0 Å². The lowest BCUT2D eigenvalue weighted by molar-refractivity contribution is 0.0744. The van der Waals surface area contributed by atoms with E-state index in [0.29, 0.717) is 0 Å². The molecule has 1 aromatic rings. The summed E-state index contributed by atoms with van der Waals surface area (Å²) in [5.41, 5.74) is 1.07. The maximum atomic E-state index is 9.97. The van der Waals surface area contributed by atoms with Gasteiger partial charge in [0.05, 0.1) is 6.10 Å². The van der Waals surface area contributed by atoms with Crippen molar-refractivity contribution >= 4 is 0 Å². The van der Waals surface area contributed by atoms with Crippen LogP contribution < -0.4 is 0 Å². The minimum Gasteiger partial charge on any atom is -0.392 e. The Balaban J connectivity index is 2.48. The van der Waals surface area contributed by atoms with E-state index in [0.717, 1.165) is 12.8 Å². The van der Waals surface area contributed by atoms with Gasteiger partial charge in [-0.2, -0.15) is 0 Å². The molecular formula is C14H20O. The molecule has 15 heavy (non-hydrogen) atoms. The maximum absolute atomic E-state index is 9.97. The van der Waals surface area contributed by atoms with E-state index in [2.05, 4.69) is 18.7 Å². The van der Waals surface area contributed by atoms with Gasteiger partial charge in [0, 0.05) is 5.41 Å². The van der Waals surface area contributed by atoms with E-state index < -0.39 is 0 Å². The highest BCUT2D eigenvalue weighted by Crippen LogP contribution is 2.25. The first-order valence-electron chi connectivity index (χ1n) is 5.42. The van der Waals surface area contributed by atoms with Crippen LogP contribution in [0.5, 0.6) is 0 Å². The van der Waals surface area contributed by atoms with E-state index in [1.54, 1.807) is 0 Å². The number of hydrogen-bond acceptors (Lipinski definition) is 1. The maximum Gasteiger partial charge on any atom is 0.0628 e. The standard InChI is InChI=1S/C14H20O/c1-4-14(2,3)13(15)11-10-12-8-6-5-7-9-12/h4-9,13,15H,1,10-11H2,2-3H3/t13-/m1/s1. The van der Waals surface area contributed by atoms with E-state index in [-0.39, 0.29) is 11.5 Å². The van der Waals surface area contributed by atoms with Gasteiger partial charge in [0.15, 0.2) is 0 Å². The summed E-state index contributed by atoms with van der Waals surface area (Å²) in [7, 11) is 0. The van der Waals surface area contributed by atoms with Crippen LogP contribution in [0.25, 0.3) is 0 Å². The second-order valence-electron chi connectivity index (χ2n) is 4.57. The molecule has 1 heteroatoms. The van der Waals surface area contributed by atoms with E-state index >= 15 is 0 Å². The van der Waals surface area contributed by atoms with Gasteiger partial charge in [-0.15, -0.1) is 6.58 Å². The SMILES string of the molecule is C=CC(C)(C)[C@H](O)CCc1ccccc1. The van der Waals surface area contributed by atoms with Gasteiger partial charge in [0.25, 0.3) is 0 Å². The molecule has 1 aromatic carbocycles. The molecule has 1 N–H and O–H groups in total. The van der Waals surface area contributed by atoms with Crippen molar-refractivity contribution in [2.24, 2.45) is 5.41 Å². The lowest BCUT2D eigenvalue weighted by Gasteiger charge is -2.26. The number of aliphatic hydroxyl groups excluding tert-OH is 1. The van der Waals surface area contributed by atoms with Crippen molar-refractivity contribution in [1.29, 1.82) is 0 Å². The van der Waals surface area contributed by atoms with Gasteiger partial charge >= 0.3 is 0 Å². The highest BCUT2D eigenvalue weighted by molar-refractivity contribution is 5.15. The zero-order valence-corrected chi connectivity index (χ0v) is 9.61. The number of aryl methyl sites for hydroxylation is 1. The normalized spacial score (nSPS) is 13.5. The molecule has 0 fully saturated rings. The van der Waals surface area contributed by atoms with Crippen molar-refractivity contribution in [1.82, 2.24) is 0 Å². The van der Waals surface area contributed by atoms with Crippen LogP contribution in [0.15, 0.2) is 43.0 Å². The van der Waals surface area contributed by atoms with Crippen molar-refractivity contribution < 1.29 is 5.11 Å². The Bertz CT molecular complexity index is 300. The van der Waals surface area contributed by atoms with Crippen LogP contribution in [0.3, 0.4) is 0 Å². The summed E-state index contributed by atoms with van der Waals surface area (Å²) in [6, 6.07) is 10.2. The fraction of sp³-hybridized carbons (Fsp3) is 0.429. The Morgan fingerprint density at radius 3 is 2.47 bits per heavy atom. The molecule has 0 bridgehead atoms. The number of rotatable bonds is 5. The monoisotopic (exact) mass is 204 g/mol. The third kappa shape index (κ3) is 3.52. The summed E-state index contributed by atoms with van der Waals surface area (Å²) < 4.78 is 0. The average Bonchev–Trinajstić information content (AvgIpc) is 2.27. The molecule has 0 aliphatic carbocycles. The molecule has 82 valence electrons. The van der Waals surface area contributed by atoms with Gasteiger partial charge in [0.1, 0.15) is 0 Å². The first-order chi connectivity index (χ1) is 7.06. The van der Waals surface area contributed by atoms with Crippen molar-refractivity contribution in [2.75, 3.05) is 0 Å². The van der Waals surface area contributed by atoms with Crippen LogP contribution in [-0.2, 0) is 6.42 Å². The summed E-state index contributed by atoms with van der Waals surface area (Å²) in [5.74, 6) is 0. The van der Waals surface area contributed by atoms with E-state index in [1.807, 2.05) is 38.1 Å². The molecule has 0 saturated heterocycles. The number of hydrogen-bond donors (Lipinski definition) is 1. The summed E-state index contributed by atoms with van der Waals surface area (Å²) in [6.45, 7) is 7.77. The molecule has 0 aromatic heterocycles. The molecule has 0 spiro atoms. The van der Waals surface area contributed by atoms with Gasteiger partial charge in [-0.3, -0.25) is 0 Å². The predicted octanol–water partition coefficient (Wildman–Crippen LogP) is 3.19. The minimum atomic E-state index is -0.324. The summed E-state index contributed by atoms with van der Waals surface area (Å²) in [5, 5.41) is 9.97. The van der Waals surface area contributed by atoms with Crippen molar-refractivity contribution in [3.05, 3.63) is 48.6 Å². The fourth-order valence-corrected chi connectivity index (χ4v) is 1.46. The fourth-order valence-electron chi connectivity index (χ4n) is 1.46. The molecule has 0 amide bonds. The molecular weight excluding hydrogens is 184 g/mol. The second-order valence-corrected chi connectivity index (χ2v) is 4.57. The van der Waals surface area contributed by atoms with Gasteiger partial charge in [-0.1, -0.05) is 50.3 Å². The molecule has 0 heterocycles. The Hall–Kier alpha value is -1.08. The molecule has 0 saturated carbocycles. The topological polar surface area (TPSA) is 20.2 Å². The predicted molar refractivity (Wildman–Crippen MR) is 64.7 cm³/mol. The molecule has 1 nitrogen and oxygen atoms in total. The third-order valence-corrected chi connectivity index (χ3v) is 2.93. The molecule has 0 aliphatic rings. The van der Waals surface area contributed by atoms with E-state index in [9.17, 15) is 5.11 Å². The molecule has 1 atom stereocenters. The number of benzene rings is 1. The summed E-state index contributed by atoms with van der Waals surface area (Å²) in [6.07, 6.45) is 3.19. The Kier molecular flexibility index (Phi) is 4.10. The van der Waals surface area contributed by atoms with Gasteiger partial charge in [-0.05, 0) is 18.4 Å². The van der Waals surface area contributed by atoms with Crippen LogP contribution in [0.2, 0.25) is 0 Å². The van der Waals surface area contributed by atoms with Crippen LogP contribution in [0.1, 0.15) is 25.8 Å². The van der Waals surface area contributed by atoms with Crippen LogP contribution in [-0.4, -0.2) is 11.2 Å². The molecule has 1 rings (SSSR count). The quantitative estimate of drug-likeness (QED) is 0.730. The summed E-state index contributed by atoms with van der Waals surface area (Å²) >= 11 is 0. The van der Waals surface area contributed by atoms with Crippen LogP contribution >= 0.6 is 0 Å². The average molecular weight is 204 g/mol. The first kappa shape index (κ1) is 12.0. The highest BCUT2D eigenvalue weighted by atomic mass is 16.3. The Morgan fingerprint density at radius 1 is 1.33 bits per heavy atom. The zero-order valence-electron chi connectivity index (χ0n) is 9.61. The Morgan fingerprint density at radius 2 is 1.93 bits per heavy atom. The van der Waals surface area contributed by atoms with Crippen molar-refractivity contribution in [3.63, 3.8) is 0 Å². The lowest BCUT2D eigenvalue weighted by atomic mass is 9.84. The van der Waals surface area contributed by atoms with Gasteiger partial charge in [-0.25, -0.2) is 0 Å². The highest BCUT2D eigenvalue weighted by Gasteiger charge is 2.23. The lowest BCUT2D eigenvalue weighted by Crippen LogP contribution is -2.27. The minimum absolute atomic E-state index is 0.200.